The maximum Gasteiger partial charge on any atom is 0.242 e. The van der Waals surface area contributed by atoms with Crippen LogP contribution in [-0.2, 0) is 16.6 Å². The highest BCUT2D eigenvalue weighted by Gasteiger charge is 2.24. The largest absolute Gasteiger partial charge is 0.369 e. The van der Waals surface area contributed by atoms with Crippen LogP contribution in [0.15, 0.2) is 58.4 Å². The van der Waals surface area contributed by atoms with Crippen molar-refractivity contribution in [2.75, 3.05) is 39.1 Å². The van der Waals surface area contributed by atoms with E-state index < -0.39 is 10.0 Å². The lowest BCUT2D eigenvalue weighted by atomic mass is 10.2. The monoisotopic (exact) mass is 449 g/mol. The molecular weight excluding hydrogens is 422 g/mol. The number of hydrogen-bond acceptors (Lipinski definition) is 4. The van der Waals surface area contributed by atoms with Crippen LogP contribution in [0, 0.1) is 0 Å². The summed E-state index contributed by atoms with van der Waals surface area (Å²) in [4.78, 5) is 6.89. The van der Waals surface area contributed by atoms with Gasteiger partial charge in [-0.1, -0.05) is 35.9 Å². The Morgan fingerprint density at radius 1 is 1.23 bits per heavy atom. The Hall–Kier alpha value is -2.29. The van der Waals surface area contributed by atoms with Crippen molar-refractivity contribution in [3.8, 4) is 0 Å². The molecule has 0 spiro atoms. The fourth-order valence-electron chi connectivity index (χ4n) is 3.45. The van der Waals surface area contributed by atoms with Crippen molar-refractivity contribution < 1.29 is 8.42 Å². The van der Waals surface area contributed by atoms with Gasteiger partial charge in [0.1, 0.15) is 0 Å². The number of guanidine groups is 1. The average molecular weight is 450 g/mol. The molecule has 162 valence electrons. The molecule has 1 fully saturated rings. The minimum absolute atomic E-state index is 0.232. The summed E-state index contributed by atoms with van der Waals surface area (Å²) in [6.07, 6.45) is 0.971. The third-order valence-corrected chi connectivity index (χ3v) is 7.25. The van der Waals surface area contributed by atoms with E-state index >= 15 is 0 Å². The Balaban J connectivity index is 1.62. The van der Waals surface area contributed by atoms with Gasteiger partial charge in [0.25, 0.3) is 0 Å². The summed E-state index contributed by atoms with van der Waals surface area (Å²) in [5.74, 6) is 0.644. The van der Waals surface area contributed by atoms with Crippen LogP contribution >= 0.6 is 11.6 Å². The van der Waals surface area contributed by atoms with E-state index in [0.717, 1.165) is 30.2 Å². The SMILES string of the molecule is CN=C(NCc1ccccc1S(=O)(=O)N(C)C)NC1CCN(c2cccc(Cl)c2)C1. The van der Waals surface area contributed by atoms with Crippen molar-refractivity contribution in [1.82, 2.24) is 14.9 Å². The fourth-order valence-corrected chi connectivity index (χ4v) is 4.75. The molecule has 1 saturated heterocycles. The Morgan fingerprint density at radius 3 is 2.70 bits per heavy atom. The van der Waals surface area contributed by atoms with Gasteiger partial charge < -0.3 is 15.5 Å². The van der Waals surface area contributed by atoms with Crippen LogP contribution in [0.25, 0.3) is 0 Å². The molecule has 1 unspecified atom stereocenters. The third kappa shape index (κ3) is 5.24. The predicted molar refractivity (Wildman–Crippen MR) is 123 cm³/mol. The molecule has 0 bridgehead atoms. The van der Waals surface area contributed by atoms with Crippen molar-refractivity contribution in [3.63, 3.8) is 0 Å². The standard InChI is InChI=1S/C21H28ClN5O2S/c1-23-21(24-14-16-7-4-5-10-20(16)30(28,29)26(2)3)25-18-11-12-27(15-18)19-9-6-8-17(22)13-19/h4-10,13,18H,11-12,14-15H2,1-3H3,(H2,23,24,25). The number of hydrogen-bond donors (Lipinski definition) is 2. The Morgan fingerprint density at radius 2 is 2.00 bits per heavy atom. The highest BCUT2D eigenvalue weighted by Crippen LogP contribution is 2.23. The summed E-state index contributed by atoms with van der Waals surface area (Å²) >= 11 is 6.11. The summed E-state index contributed by atoms with van der Waals surface area (Å²) < 4.78 is 26.4. The minimum Gasteiger partial charge on any atom is -0.369 e. The molecule has 30 heavy (non-hydrogen) atoms. The van der Waals surface area contributed by atoms with E-state index in [2.05, 4.69) is 26.6 Å². The number of sulfonamides is 1. The summed E-state index contributed by atoms with van der Waals surface area (Å²) in [7, 11) is 1.27. The average Bonchev–Trinajstić information content (AvgIpc) is 3.19. The lowest BCUT2D eigenvalue weighted by Gasteiger charge is -2.21. The number of aliphatic imine (C=N–C) groups is 1. The molecule has 1 heterocycles. The van der Waals surface area contributed by atoms with Crippen LogP contribution < -0.4 is 15.5 Å². The number of nitrogens with one attached hydrogen (secondary N) is 2. The Labute approximate surface area is 183 Å². The van der Waals surface area contributed by atoms with Gasteiger partial charge in [-0.15, -0.1) is 0 Å². The predicted octanol–water partition coefficient (Wildman–Crippen LogP) is 2.53. The fraction of sp³-hybridized carbons (Fsp3) is 0.381. The van der Waals surface area contributed by atoms with E-state index in [0.29, 0.717) is 23.0 Å². The van der Waals surface area contributed by atoms with Crippen molar-refractivity contribution in [3.05, 3.63) is 59.1 Å². The quantitative estimate of drug-likeness (QED) is 0.523. The smallest absolute Gasteiger partial charge is 0.242 e. The zero-order valence-corrected chi connectivity index (χ0v) is 19.0. The zero-order chi connectivity index (χ0) is 21.7. The highest BCUT2D eigenvalue weighted by molar-refractivity contribution is 7.89. The first-order chi connectivity index (χ1) is 14.3. The van der Waals surface area contributed by atoms with Gasteiger partial charge in [0.2, 0.25) is 10.0 Å². The maximum atomic E-state index is 12.6. The molecule has 1 atom stereocenters. The van der Waals surface area contributed by atoms with E-state index in [9.17, 15) is 8.42 Å². The lowest BCUT2D eigenvalue weighted by Crippen LogP contribution is -2.44. The molecule has 2 aromatic carbocycles. The van der Waals surface area contributed by atoms with E-state index in [-0.39, 0.29) is 6.04 Å². The number of benzene rings is 2. The topological polar surface area (TPSA) is 77.0 Å². The van der Waals surface area contributed by atoms with Gasteiger partial charge in [-0.2, -0.15) is 0 Å². The van der Waals surface area contributed by atoms with Crippen LogP contribution in [0.1, 0.15) is 12.0 Å². The molecule has 0 radical (unpaired) electrons. The van der Waals surface area contributed by atoms with Crippen molar-refractivity contribution in [2.24, 2.45) is 4.99 Å². The van der Waals surface area contributed by atoms with E-state index in [1.54, 1.807) is 19.2 Å². The molecule has 3 rings (SSSR count). The van der Waals surface area contributed by atoms with Gasteiger partial charge in [0.05, 0.1) is 4.90 Å². The molecular formula is C21H28ClN5O2S. The van der Waals surface area contributed by atoms with Crippen LogP contribution in [0.5, 0.6) is 0 Å². The molecule has 9 heteroatoms. The molecule has 0 aromatic heterocycles. The van der Waals surface area contributed by atoms with E-state index in [1.807, 2.05) is 30.3 Å². The van der Waals surface area contributed by atoms with Crippen LogP contribution in [0.4, 0.5) is 5.69 Å². The van der Waals surface area contributed by atoms with Gasteiger partial charge in [0.15, 0.2) is 5.96 Å². The molecule has 0 amide bonds. The van der Waals surface area contributed by atoms with Gasteiger partial charge >= 0.3 is 0 Å². The molecule has 7 nitrogen and oxygen atoms in total. The first-order valence-electron chi connectivity index (χ1n) is 9.79. The van der Waals surface area contributed by atoms with Crippen LogP contribution in [-0.4, -0.2) is 59.0 Å². The Bertz CT molecular complexity index is 1010. The number of halogens is 1. The van der Waals surface area contributed by atoms with Gasteiger partial charge in [-0.3, -0.25) is 4.99 Å². The minimum atomic E-state index is -3.51. The maximum absolute atomic E-state index is 12.6. The first kappa shape index (κ1) is 22.4. The third-order valence-electron chi connectivity index (χ3n) is 5.10. The normalized spacial score (nSPS) is 17.4. The number of anilines is 1. The lowest BCUT2D eigenvalue weighted by molar-refractivity contribution is 0.519. The summed E-state index contributed by atoms with van der Waals surface area (Å²) in [6.45, 7) is 2.12. The van der Waals surface area contributed by atoms with Crippen molar-refractivity contribution in [1.29, 1.82) is 0 Å². The highest BCUT2D eigenvalue weighted by atomic mass is 35.5. The Kier molecular flexibility index (Phi) is 7.23. The van der Waals surface area contributed by atoms with Gasteiger partial charge in [-0.05, 0) is 36.2 Å². The molecule has 0 saturated carbocycles. The zero-order valence-electron chi connectivity index (χ0n) is 17.5. The second-order valence-corrected chi connectivity index (χ2v) is 9.93. The second-order valence-electron chi connectivity index (χ2n) is 7.38. The number of nitrogens with zero attached hydrogens (tertiary/aromatic N) is 3. The molecule has 1 aliphatic heterocycles. The van der Waals surface area contributed by atoms with Gasteiger partial charge in [0, 0.05) is 57.5 Å². The van der Waals surface area contributed by atoms with Gasteiger partial charge in [-0.25, -0.2) is 12.7 Å². The van der Waals surface area contributed by atoms with Crippen LogP contribution in [0.3, 0.4) is 0 Å². The summed E-state index contributed by atoms with van der Waals surface area (Å²) in [6, 6.07) is 15.1. The van der Waals surface area contributed by atoms with E-state index in [1.165, 1.54) is 18.4 Å². The molecule has 0 aliphatic carbocycles. The molecule has 2 N–H and O–H groups in total. The van der Waals surface area contributed by atoms with Crippen molar-refractivity contribution in [2.45, 2.75) is 23.9 Å². The first-order valence-corrected chi connectivity index (χ1v) is 11.6. The van der Waals surface area contributed by atoms with Crippen molar-refractivity contribution >= 4 is 33.3 Å². The molecule has 2 aromatic rings. The van der Waals surface area contributed by atoms with Crippen LogP contribution in [0.2, 0.25) is 5.02 Å². The summed E-state index contributed by atoms with van der Waals surface area (Å²) in [5.41, 5.74) is 1.80. The summed E-state index contributed by atoms with van der Waals surface area (Å²) in [5, 5.41) is 7.41. The number of rotatable bonds is 6. The second kappa shape index (κ2) is 9.68. The van der Waals surface area contributed by atoms with E-state index in [4.69, 9.17) is 11.6 Å². The molecule has 1 aliphatic rings.